The Labute approximate surface area is 482 Å². The van der Waals surface area contributed by atoms with Crippen LogP contribution >= 0.6 is 19.3 Å². The molecule has 5 N–H and O–H groups in total. The minimum atomic E-state index is -4.49. The summed E-state index contributed by atoms with van der Waals surface area (Å²) >= 11 is 6.39. The quantitative estimate of drug-likeness (QED) is 0.0165. The van der Waals surface area contributed by atoms with Crippen molar-refractivity contribution < 1.29 is 47.1 Å². The number of aliphatic hydroxyl groups excluding tert-OH is 1. The summed E-state index contributed by atoms with van der Waals surface area (Å²) in [6.07, 6.45) is -2.03. The molecule has 0 unspecified atom stereocenters. The number of aromatic amines is 2. The number of fused-ring (bicyclic) bond motifs is 2. The molecule has 2 fully saturated rings. The minimum absolute atomic E-state index is 0.0468. The number of ether oxygens (including phenoxy) is 6. The molecule has 0 radical (unpaired) electrons. The first-order chi connectivity index (χ1) is 40.1. The van der Waals surface area contributed by atoms with Gasteiger partial charge in [-0.3, -0.25) is 37.7 Å². The van der Waals surface area contributed by atoms with Gasteiger partial charge in [0.25, 0.3) is 11.1 Å². The summed E-state index contributed by atoms with van der Waals surface area (Å²) in [6.45, 7) is 3.13. The Bertz CT molecular complexity index is 3830. The Morgan fingerprint density at radius 3 is 1.88 bits per heavy atom. The summed E-state index contributed by atoms with van der Waals surface area (Å²) in [6, 6.07) is 35.8. The van der Waals surface area contributed by atoms with Gasteiger partial charge in [-0.05, 0) is 104 Å². The van der Waals surface area contributed by atoms with Crippen LogP contribution in [-0.4, -0.2) is 101 Å². The number of unbranched alkanes of at least 4 members (excludes halogenated alkanes) is 2. The fourth-order valence-corrected chi connectivity index (χ4v) is 12.3. The number of anilines is 1. The molecule has 2 aliphatic heterocycles. The van der Waals surface area contributed by atoms with Crippen molar-refractivity contribution in [2.24, 2.45) is 0 Å². The number of aliphatic hydroxyl groups is 1. The Morgan fingerprint density at radius 2 is 1.25 bits per heavy atom. The Kier molecular flexibility index (Phi) is 18.1. The number of methoxy groups -OCH3 is 3. The predicted molar refractivity (Wildman–Crippen MR) is 313 cm³/mol. The average Bonchev–Trinajstić information content (AvgIpc) is 2.77. The van der Waals surface area contributed by atoms with Crippen LogP contribution in [0, 0.1) is 13.8 Å². The van der Waals surface area contributed by atoms with Crippen molar-refractivity contribution in [1.82, 2.24) is 29.2 Å². The number of hydrogen-bond donors (Lipinski definition) is 5. The molecule has 0 bridgehead atoms. The van der Waals surface area contributed by atoms with Crippen molar-refractivity contribution in [1.29, 1.82) is 0 Å². The molecule has 0 amide bonds. The highest BCUT2D eigenvalue weighted by atomic mass is 35.5. The van der Waals surface area contributed by atoms with E-state index in [1.807, 2.05) is 115 Å². The number of nitrogens with one attached hydrogen (secondary N) is 4. The second kappa shape index (κ2) is 25.6. The molecule has 3 aromatic heterocycles. The lowest BCUT2D eigenvalue weighted by Crippen LogP contribution is -2.39. The highest BCUT2D eigenvalue weighted by molar-refractivity contribution is 7.51. The predicted octanol–water partition coefficient (Wildman–Crippen LogP) is 8.41. The summed E-state index contributed by atoms with van der Waals surface area (Å²) in [7, 11) is 0.292. The summed E-state index contributed by atoms with van der Waals surface area (Å²) in [5.74, 6) is 1.92. The van der Waals surface area contributed by atoms with Crippen LogP contribution in [0.4, 0.5) is 5.69 Å². The third-order valence-electron chi connectivity index (χ3n) is 15.0. The van der Waals surface area contributed by atoms with Crippen LogP contribution in [0.5, 0.6) is 17.2 Å². The van der Waals surface area contributed by atoms with Crippen LogP contribution < -0.4 is 47.1 Å². The lowest BCUT2D eigenvalue weighted by molar-refractivity contribution is -0.0937. The number of hydrogen-bond acceptors (Lipinski definition) is 16. The number of rotatable bonds is 24. The molecule has 23 heteroatoms. The van der Waals surface area contributed by atoms with E-state index in [1.165, 1.54) is 21.5 Å². The monoisotopic (exact) mass is 1170 g/mol. The molecule has 2 saturated heterocycles. The molecule has 83 heavy (non-hydrogen) atoms. The van der Waals surface area contributed by atoms with Crippen molar-refractivity contribution >= 4 is 46.8 Å². The zero-order valence-corrected chi connectivity index (χ0v) is 48.0. The van der Waals surface area contributed by atoms with E-state index in [4.69, 9.17) is 54.1 Å². The van der Waals surface area contributed by atoms with E-state index in [0.717, 1.165) is 44.2 Å². The van der Waals surface area contributed by atoms with E-state index in [0.29, 0.717) is 48.1 Å². The standard InChI is InChI=1S/C60H65ClN7O14P/c1-36-32-67(58(72)65-56(36)70)53-30-49(69)51(80-53)35-79-83(74,63-27-11-7-10-26-62-55-45-24-18-41(61)28-48(45)64-47-25-23-44(77-5)29-46(47)55)82-50-31-54(68-33-37(2)57(71)66-59(68)73)81-52(50)34-78-60(38-12-8-6-9-13-38,39-14-19-42(75-3)20-15-39)40-16-21-43(76-4)22-17-40/h6,8-9,12-25,28-29,32-33,49-54,69H,7,10-11,26-27,30-31,34-35H2,1-5H3,(H,62,64)(H,63,74)(H,65,70,72)(H,66,71,73)/t49-,50-,51+,52+,53+,54+,83+/m0/s1. The minimum Gasteiger partial charge on any atom is -0.497 e. The van der Waals surface area contributed by atoms with Gasteiger partial charge in [-0.15, -0.1) is 0 Å². The van der Waals surface area contributed by atoms with Gasteiger partial charge in [0, 0.05) is 65.2 Å². The Hall–Kier alpha value is -7.43. The number of pyridine rings is 1. The normalized spacial score (nSPS) is 19.7. The highest BCUT2D eigenvalue weighted by Crippen LogP contribution is 2.50. The van der Waals surface area contributed by atoms with E-state index in [9.17, 15) is 24.3 Å². The molecule has 5 heterocycles. The maximum absolute atomic E-state index is 15.6. The second-order valence-corrected chi connectivity index (χ2v) is 22.7. The molecule has 21 nitrogen and oxygen atoms in total. The molecular weight excluding hydrogens is 1110 g/mol. The molecule has 5 aromatic carbocycles. The van der Waals surface area contributed by atoms with Crippen molar-refractivity contribution in [3.63, 3.8) is 0 Å². The largest absolute Gasteiger partial charge is 0.497 e. The van der Waals surface area contributed by atoms with Crippen LogP contribution in [0.15, 0.2) is 147 Å². The number of nitrogens with zero attached hydrogens (tertiary/aromatic N) is 3. The summed E-state index contributed by atoms with van der Waals surface area (Å²) in [5.41, 5.74) is 1.18. The van der Waals surface area contributed by atoms with Crippen LogP contribution in [0.1, 0.15) is 72.4 Å². The van der Waals surface area contributed by atoms with E-state index < -0.39 is 79.3 Å². The molecule has 0 aliphatic carbocycles. The molecule has 0 saturated carbocycles. The highest BCUT2D eigenvalue weighted by Gasteiger charge is 2.47. The first kappa shape index (κ1) is 58.8. The molecule has 2 aliphatic rings. The van der Waals surface area contributed by atoms with Gasteiger partial charge in [0.2, 0.25) is 0 Å². The van der Waals surface area contributed by atoms with E-state index in [-0.39, 0.29) is 37.1 Å². The van der Waals surface area contributed by atoms with Crippen molar-refractivity contribution in [3.8, 4) is 17.2 Å². The van der Waals surface area contributed by atoms with Gasteiger partial charge >= 0.3 is 19.1 Å². The van der Waals surface area contributed by atoms with Crippen molar-refractivity contribution in [3.05, 3.63) is 202 Å². The SMILES string of the molecule is COc1ccc(C(OC[C@H]2O[C@@H](n3cc(C)c(=O)[nH]c3=O)C[C@@H]2O[P@@](=O)(NCCCCCNc2c3ccc(Cl)cc3nc3ccc(OC)cc23)OC[C@H]2O[C@@H](n3cc(C)c(=O)[nH]c3=O)C[C@@H]2O)(c2ccccc2)c2ccc(OC)cc2)cc1. The Morgan fingerprint density at radius 1 is 0.675 bits per heavy atom. The van der Waals surface area contributed by atoms with Gasteiger partial charge < -0.3 is 38.8 Å². The third kappa shape index (κ3) is 12.9. The molecule has 10 rings (SSSR count). The lowest BCUT2D eigenvalue weighted by Gasteiger charge is -2.37. The van der Waals surface area contributed by atoms with Gasteiger partial charge in [0.05, 0.1) is 57.4 Å². The summed E-state index contributed by atoms with van der Waals surface area (Å²) in [5, 5.41) is 20.4. The maximum Gasteiger partial charge on any atom is 0.405 e. The lowest BCUT2D eigenvalue weighted by atomic mass is 9.80. The topological polar surface area (TPSA) is 258 Å². The van der Waals surface area contributed by atoms with Crippen LogP contribution in [-0.2, 0) is 33.4 Å². The maximum atomic E-state index is 15.6. The molecule has 0 spiro atoms. The van der Waals surface area contributed by atoms with Crippen LogP contribution in [0.2, 0.25) is 5.02 Å². The molecule has 436 valence electrons. The average molecular weight is 1170 g/mol. The summed E-state index contributed by atoms with van der Waals surface area (Å²) < 4.78 is 67.8. The van der Waals surface area contributed by atoms with E-state index in [1.54, 1.807) is 35.2 Å². The van der Waals surface area contributed by atoms with Gasteiger partial charge in [-0.25, -0.2) is 24.2 Å². The summed E-state index contributed by atoms with van der Waals surface area (Å²) in [4.78, 5) is 60.8. The third-order valence-corrected chi connectivity index (χ3v) is 16.9. The van der Waals surface area contributed by atoms with Crippen molar-refractivity contribution in [2.45, 2.75) is 88.4 Å². The van der Waals surface area contributed by atoms with Crippen molar-refractivity contribution in [2.75, 3.05) is 52.9 Å². The van der Waals surface area contributed by atoms with Gasteiger partial charge in [-0.2, -0.15) is 0 Å². The van der Waals surface area contributed by atoms with E-state index in [2.05, 4.69) is 20.4 Å². The fourth-order valence-electron chi connectivity index (χ4n) is 10.6. The zero-order valence-electron chi connectivity index (χ0n) is 46.4. The zero-order chi connectivity index (χ0) is 58.4. The van der Waals surface area contributed by atoms with Gasteiger partial charge in [-0.1, -0.05) is 72.6 Å². The fraction of sp³-hybridized carbons (Fsp3) is 0.350. The van der Waals surface area contributed by atoms with Gasteiger partial charge in [0.15, 0.2) is 0 Å². The van der Waals surface area contributed by atoms with Crippen LogP contribution in [0.3, 0.4) is 0 Å². The number of benzene rings is 5. The molecular formula is C60H65ClN7O14P. The molecule has 8 aromatic rings. The number of H-pyrrole nitrogens is 2. The molecule has 7 atom stereocenters. The Balaban J connectivity index is 0.938. The van der Waals surface area contributed by atoms with Crippen LogP contribution in [0.25, 0.3) is 21.8 Å². The number of aromatic nitrogens is 5. The second-order valence-electron chi connectivity index (χ2n) is 20.4. The number of aryl methyl sites for hydroxylation is 2. The first-order valence-electron chi connectivity index (χ1n) is 27.2. The smallest absolute Gasteiger partial charge is 0.405 e. The first-order valence-corrected chi connectivity index (χ1v) is 29.1. The van der Waals surface area contributed by atoms with Gasteiger partial charge in [0.1, 0.15) is 53.6 Å². The number of halogens is 1. The van der Waals surface area contributed by atoms with E-state index >= 15 is 4.57 Å².